The summed E-state index contributed by atoms with van der Waals surface area (Å²) >= 11 is 0. The van der Waals surface area contributed by atoms with E-state index in [1.54, 1.807) is 31.2 Å². The van der Waals surface area contributed by atoms with Crippen LogP contribution >= 0.6 is 0 Å². The molecule has 2 aromatic rings. The molecule has 3 rings (SSSR count). The van der Waals surface area contributed by atoms with Gasteiger partial charge in [-0.3, -0.25) is 19.1 Å². The summed E-state index contributed by atoms with van der Waals surface area (Å²) in [5, 5.41) is 0. The third kappa shape index (κ3) is 4.40. The number of aromatic nitrogens is 2. The van der Waals surface area contributed by atoms with Gasteiger partial charge in [-0.25, -0.2) is 4.79 Å². The number of amides is 1. The van der Waals surface area contributed by atoms with Gasteiger partial charge in [0.2, 0.25) is 0 Å². The molecule has 9 heteroatoms. The largest absolute Gasteiger partial charge is 0.486 e. The predicted molar refractivity (Wildman–Crippen MR) is 115 cm³/mol. The number of unbranched alkanes of at least 4 members (excludes halogenated alkanes) is 1. The third-order valence-corrected chi connectivity index (χ3v) is 4.79. The van der Waals surface area contributed by atoms with E-state index >= 15 is 0 Å². The lowest BCUT2D eigenvalue weighted by atomic mass is 10.1. The van der Waals surface area contributed by atoms with Gasteiger partial charge in [0.25, 0.3) is 11.5 Å². The highest BCUT2D eigenvalue weighted by molar-refractivity contribution is 6.05. The van der Waals surface area contributed by atoms with Crippen molar-refractivity contribution in [2.45, 2.75) is 33.2 Å². The van der Waals surface area contributed by atoms with Gasteiger partial charge in [-0.1, -0.05) is 19.4 Å². The van der Waals surface area contributed by atoms with E-state index in [2.05, 4.69) is 4.98 Å². The van der Waals surface area contributed by atoms with Crippen LogP contribution in [0.15, 0.2) is 33.9 Å². The molecule has 2 heterocycles. The van der Waals surface area contributed by atoms with E-state index < -0.39 is 17.2 Å². The van der Waals surface area contributed by atoms with Gasteiger partial charge in [0.15, 0.2) is 17.2 Å². The molecule has 1 aromatic heterocycles. The van der Waals surface area contributed by atoms with Crippen molar-refractivity contribution in [3.63, 3.8) is 0 Å². The minimum atomic E-state index is -0.687. The summed E-state index contributed by atoms with van der Waals surface area (Å²) in [6.07, 6.45) is 4.56. The van der Waals surface area contributed by atoms with E-state index in [9.17, 15) is 14.4 Å². The Balaban J connectivity index is 1.88. The van der Waals surface area contributed by atoms with Crippen LogP contribution in [0.3, 0.4) is 0 Å². The van der Waals surface area contributed by atoms with Crippen LogP contribution in [0.5, 0.6) is 11.5 Å². The first-order valence-corrected chi connectivity index (χ1v) is 9.98. The number of hydrogen-bond acceptors (Lipinski definition) is 6. The quantitative estimate of drug-likeness (QED) is 0.666. The Labute approximate surface area is 173 Å². The van der Waals surface area contributed by atoms with Crippen molar-refractivity contribution in [3.05, 3.63) is 50.7 Å². The summed E-state index contributed by atoms with van der Waals surface area (Å²) < 4.78 is 12.3. The van der Waals surface area contributed by atoms with Gasteiger partial charge in [0.05, 0.1) is 0 Å². The molecule has 0 spiro atoms. The highest BCUT2D eigenvalue weighted by atomic mass is 16.6. The monoisotopic (exact) mass is 414 g/mol. The van der Waals surface area contributed by atoms with Crippen molar-refractivity contribution in [1.82, 2.24) is 9.55 Å². The summed E-state index contributed by atoms with van der Waals surface area (Å²) in [6.45, 7) is 5.27. The number of nitrogens with two attached hydrogens (primary N) is 1. The first kappa shape index (κ1) is 21.2. The average Bonchev–Trinajstić information content (AvgIpc) is 2.74. The fourth-order valence-corrected chi connectivity index (χ4v) is 3.22. The maximum absolute atomic E-state index is 12.8. The molecule has 1 aromatic carbocycles. The zero-order valence-corrected chi connectivity index (χ0v) is 17.1. The van der Waals surface area contributed by atoms with Crippen molar-refractivity contribution in [1.29, 1.82) is 0 Å². The number of nitrogens with zero attached hydrogens (tertiary/aromatic N) is 2. The molecule has 0 atom stereocenters. The van der Waals surface area contributed by atoms with E-state index in [-0.39, 0.29) is 18.1 Å². The third-order valence-electron chi connectivity index (χ3n) is 4.79. The Morgan fingerprint density at radius 2 is 1.97 bits per heavy atom. The minimum Gasteiger partial charge on any atom is -0.486 e. The lowest BCUT2D eigenvalue weighted by Crippen LogP contribution is -2.40. The minimum absolute atomic E-state index is 0.0138. The number of ether oxygens (including phenoxy) is 2. The maximum atomic E-state index is 12.8. The number of H-pyrrole nitrogens is 1. The smallest absolute Gasteiger partial charge is 0.330 e. The number of anilines is 2. The topological polar surface area (TPSA) is 120 Å². The molecular weight excluding hydrogens is 388 g/mol. The zero-order chi connectivity index (χ0) is 21.7. The van der Waals surface area contributed by atoms with Crippen LogP contribution in [0.1, 0.15) is 32.3 Å². The van der Waals surface area contributed by atoms with Gasteiger partial charge in [-0.15, -0.1) is 0 Å². The van der Waals surface area contributed by atoms with Crippen LogP contribution in [-0.4, -0.2) is 35.2 Å². The second-order valence-electron chi connectivity index (χ2n) is 6.82. The maximum Gasteiger partial charge on any atom is 0.330 e. The molecule has 30 heavy (non-hydrogen) atoms. The lowest BCUT2D eigenvalue weighted by Gasteiger charge is -2.22. The molecule has 0 unspecified atom stereocenters. The van der Waals surface area contributed by atoms with E-state index in [1.807, 2.05) is 6.92 Å². The van der Waals surface area contributed by atoms with Gasteiger partial charge in [0.1, 0.15) is 19.0 Å². The second kappa shape index (κ2) is 9.34. The van der Waals surface area contributed by atoms with E-state index in [1.165, 1.54) is 15.5 Å². The molecule has 0 saturated heterocycles. The Morgan fingerprint density at radius 1 is 1.23 bits per heavy atom. The van der Waals surface area contributed by atoms with Crippen LogP contribution in [0.2, 0.25) is 0 Å². The number of carbonyl (C=O) groups is 1. The van der Waals surface area contributed by atoms with Gasteiger partial charge in [0, 0.05) is 19.2 Å². The van der Waals surface area contributed by atoms with Crippen molar-refractivity contribution >= 4 is 23.5 Å². The second-order valence-corrected chi connectivity index (χ2v) is 6.82. The van der Waals surface area contributed by atoms with Crippen molar-refractivity contribution in [2.75, 3.05) is 30.4 Å². The van der Waals surface area contributed by atoms with Gasteiger partial charge < -0.3 is 20.1 Å². The molecule has 1 amide bonds. The van der Waals surface area contributed by atoms with E-state index in [4.69, 9.17) is 15.2 Å². The number of aromatic amines is 1. The van der Waals surface area contributed by atoms with Crippen LogP contribution < -0.4 is 31.4 Å². The summed E-state index contributed by atoms with van der Waals surface area (Å²) in [6, 6.07) is 5.36. The summed E-state index contributed by atoms with van der Waals surface area (Å²) in [5.74, 6) is 0.839. The molecule has 0 fully saturated rings. The molecular formula is C21H26N4O5. The number of fused-ring (bicyclic) bond motifs is 1. The molecule has 3 N–H and O–H groups in total. The Morgan fingerprint density at radius 3 is 2.67 bits per heavy atom. The zero-order valence-electron chi connectivity index (χ0n) is 17.1. The normalized spacial score (nSPS) is 12.9. The van der Waals surface area contributed by atoms with E-state index in [0.29, 0.717) is 31.3 Å². The molecule has 0 bridgehead atoms. The summed E-state index contributed by atoms with van der Waals surface area (Å²) in [5.41, 5.74) is 5.58. The molecule has 160 valence electrons. The number of carbonyl (C=O) groups excluding carboxylic acids is 1. The van der Waals surface area contributed by atoms with Gasteiger partial charge >= 0.3 is 5.69 Å². The van der Waals surface area contributed by atoms with Crippen molar-refractivity contribution < 1.29 is 14.3 Å². The number of nitrogen functional groups attached to an aromatic ring is 1. The molecule has 0 radical (unpaired) electrons. The molecule has 9 nitrogen and oxygen atoms in total. The van der Waals surface area contributed by atoms with Crippen LogP contribution in [-0.2, 0) is 11.3 Å². The Bertz CT molecular complexity index is 1070. The number of likely N-dealkylation sites (N-methyl/N-ethyl adjacent to an activating group) is 1. The van der Waals surface area contributed by atoms with Crippen molar-refractivity contribution in [2.24, 2.45) is 0 Å². The fourth-order valence-electron chi connectivity index (χ4n) is 3.22. The van der Waals surface area contributed by atoms with Crippen LogP contribution in [0.4, 0.5) is 11.5 Å². The molecule has 1 aliphatic heterocycles. The standard InChI is InChI=1S/C21H26N4O5/c1-3-5-10-25-19(22)18(20(27)23-21(25)28)24(4-2)17(26)9-7-14-6-8-15-16(13-14)30-12-11-29-15/h6-9,13H,3-5,10-12,22H2,1-2H3,(H,23,27,28)/b9-7+. The van der Waals surface area contributed by atoms with Crippen LogP contribution in [0, 0.1) is 0 Å². The molecule has 0 aliphatic carbocycles. The van der Waals surface area contributed by atoms with Gasteiger partial charge in [-0.2, -0.15) is 0 Å². The highest BCUT2D eigenvalue weighted by Gasteiger charge is 2.21. The summed E-state index contributed by atoms with van der Waals surface area (Å²) in [4.78, 5) is 40.9. The van der Waals surface area contributed by atoms with Crippen molar-refractivity contribution in [3.8, 4) is 11.5 Å². The molecule has 0 saturated carbocycles. The fraction of sp³-hybridized carbons (Fsp3) is 0.381. The molecule has 1 aliphatic rings. The highest BCUT2D eigenvalue weighted by Crippen LogP contribution is 2.31. The number of benzene rings is 1. The Hall–Kier alpha value is -3.49. The van der Waals surface area contributed by atoms with E-state index in [0.717, 1.165) is 18.4 Å². The average molecular weight is 414 g/mol. The SMILES string of the molecule is CCCCn1c(N)c(N(CC)C(=O)/C=C/c2ccc3c(c2)OCCO3)c(=O)[nH]c1=O. The lowest BCUT2D eigenvalue weighted by molar-refractivity contribution is -0.114. The Kier molecular flexibility index (Phi) is 6.61. The number of rotatable bonds is 7. The van der Waals surface area contributed by atoms with Gasteiger partial charge in [-0.05, 0) is 37.1 Å². The predicted octanol–water partition coefficient (Wildman–Crippen LogP) is 1.76. The number of hydrogen-bond donors (Lipinski definition) is 2. The number of nitrogens with one attached hydrogen (secondary N) is 1. The van der Waals surface area contributed by atoms with Crippen LogP contribution in [0.25, 0.3) is 6.08 Å². The first-order chi connectivity index (χ1) is 14.5. The summed E-state index contributed by atoms with van der Waals surface area (Å²) in [7, 11) is 0. The first-order valence-electron chi connectivity index (χ1n) is 9.98.